The number of aliphatic hydroxyl groups is 2. The Morgan fingerprint density at radius 2 is 1.92 bits per heavy atom. The van der Waals surface area contributed by atoms with Gasteiger partial charge in [-0.1, -0.05) is 18.5 Å². The van der Waals surface area contributed by atoms with Crippen LogP contribution >= 0.6 is 11.6 Å². The maximum absolute atomic E-state index is 13.8. The van der Waals surface area contributed by atoms with Crippen LogP contribution in [0, 0.1) is 29.4 Å². The van der Waals surface area contributed by atoms with Crippen LogP contribution in [0.15, 0.2) is 53.7 Å². The number of aryl methyl sites for hydroxylation is 1. The number of hydrogen-bond donors (Lipinski definition) is 3. The number of aliphatic hydroxyl groups excluding tert-OH is 1. The quantitative estimate of drug-likeness (QED) is 0.401. The summed E-state index contributed by atoms with van der Waals surface area (Å²) in [7, 11) is -2.34. The SMILES string of the molecule is C[C@H]1CC2CC(S(=O)(=O)c3cc(C(=O)Nc4ccc(F)c(F)c4)ccc3Cl)CC1[C@@]2(O)C(O)c1cnn(C)c1. The molecule has 0 saturated heterocycles. The van der Waals surface area contributed by atoms with Gasteiger partial charge in [0.1, 0.15) is 11.7 Å². The highest BCUT2D eigenvalue weighted by atomic mass is 35.5. The van der Waals surface area contributed by atoms with Gasteiger partial charge < -0.3 is 15.5 Å². The maximum atomic E-state index is 13.8. The molecule has 2 aromatic carbocycles. The molecule has 2 bridgehead atoms. The largest absolute Gasteiger partial charge is 0.386 e. The molecule has 5 rings (SSSR count). The number of aromatic nitrogens is 2. The average molecular weight is 580 g/mol. The predicted molar refractivity (Wildman–Crippen MR) is 140 cm³/mol. The minimum atomic E-state index is -4.05. The van der Waals surface area contributed by atoms with E-state index in [-0.39, 0.29) is 39.9 Å². The lowest BCUT2D eigenvalue weighted by atomic mass is 9.69. The molecular weight excluding hydrogens is 552 g/mol. The van der Waals surface area contributed by atoms with Gasteiger partial charge in [0.2, 0.25) is 0 Å². The molecule has 0 radical (unpaired) electrons. The van der Waals surface area contributed by atoms with Gasteiger partial charge in [0.25, 0.3) is 5.91 Å². The smallest absolute Gasteiger partial charge is 0.255 e. The Bertz CT molecular complexity index is 1550. The third kappa shape index (κ3) is 4.75. The molecule has 1 amide bonds. The number of anilines is 1. The van der Waals surface area contributed by atoms with Crippen molar-refractivity contribution in [2.24, 2.45) is 24.8 Å². The van der Waals surface area contributed by atoms with Crippen LogP contribution < -0.4 is 5.32 Å². The molecule has 1 aromatic heterocycles. The van der Waals surface area contributed by atoms with Gasteiger partial charge in [-0.25, -0.2) is 17.2 Å². The van der Waals surface area contributed by atoms with Crippen LogP contribution in [0.25, 0.3) is 0 Å². The molecule has 39 heavy (non-hydrogen) atoms. The number of benzene rings is 2. The first kappa shape index (κ1) is 27.7. The van der Waals surface area contributed by atoms with Crippen molar-refractivity contribution in [2.75, 3.05) is 5.32 Å². The molecule has 0 aliphatic heterocycles. The molecular formula is C27H28ClF2N3O5S. The lowest BCUT2D eigenvalue weighted by Crippen LogP contribution is -2.52. The Balaban J connectivity index is 1.41. The van der Waals surface area contributed by atoms with Crippen LogP contribution in [0.2, 0.25) is 5.02 Å². The number of carbonyl (C=O) groups excluding carboxylic acids is 1. The Morgan fingerprint density at radius 1 is 1.18 bits per heavy atom. The lowest BCUT2D eigenvalue weighted by molar-refractivity contribution is -0.148. The summed E-state index contributed by atoms with van der Waals surface area (Å²) < 4.78 is 56.0. The molecule has 6 atom stereocenters. The summed E-state index contributed by atoms with van der Waals surface area (Å²) in [4.78, 5) is 12.6. The fraction of sp³-hybridized carbons (Fsp3) is 0.407. The van der Waals surface area contributed by atoms with Gasteiger partial charge in [-0.2, -0.15) is 5.10 Å². The number of nitrogens with zero attached hydrogens (tertiary/aromatic N) is 2. The van der Waals surface area contributed by atoms with Crippen LogP contribution in [0.4, 0.5) is 14.5 Å². The van der Waals surface area contributed by atoms with E-state index in [4.69, 9.17) is 11.6 Å². The lowest BCUT2D eigenvalue weighted by Gasteiger charge is -2.45. The number of rotatable bonds is 6. The Morgan fingerprint density at radius 3 is 2.56 bits per heavy atom. The van der Waals surface area contributed by atoms with E-state index in [1.165, 1.54) is 35.1 Å². The second kappa shape index (κ2) is 9.96. The van der Waals surface area contributed by atoms with Gasteiger partial charge in [0.15, 0.2) is 21.5 Å². The second-order valence-corrected chi connectivity index (χ2v) is 13.2. The minimum absolute atomic E-state index is 0.00237. The fourth-order valence-electron chi connectivity index (χ4n) is 6.31. The van der Waals surface area contributed by atoms with Gasteiger partial charge in [-0.3, -0.25) is 9.48 Å². The molecule has 2 saturated carbocycles. The van der Waals surface area contributed by atoms with E-state index in [2.05, 4.69) is 10.4 Å². The molecule has 2 aliphatic rings. The van der Waals surface area contributed by atoms with E-state index in [9.17, 15) is 32.2 Å². The number of halogens is 3. The Labute approximate surface area is 229 Å². The first-order valence-corrected chi connectivity index (χ1v) is 14.4. The van der Waals surface area contributed by atoms with Crippen LogP contribution in [-0.2, 0) is 16.9 Å². The number of carbonyl (C=O) groups is 1. The maximum Gasteiger partial charge on any atom is 0.255 e. The third-order valence-electron chi connectivity index (χ3n) is 8.25. The van der Waals surface area contributed by atoms with Crippen molar-refractivity contribution in [3.8, 4) is 0 Å². The zero-order valence-corrected chi connectivity index (χ0v) is 22.8. The van der Waals surface area contributed by atoms with Crippen molar-refractivity contribution in [1.29, 1.82) is 0 Å². The Kier molecular flexibility index (Phi) is 7.07. The molecule has 0 spiro atoms. The Hall–Kier alpha value is -2.86. The van der Waals surface area contributed by atoms with Crippen molar-refractivity contribution >= 4 is 33.0 Å². The molecule has 4 unspecified atom stereocenters. The van der Waals surface area contributed by atoms with Crippen LogP contribution in [0.3, 0.4) is 0 Å². The summed E-state index contributed by atoms with van der Waals surface area (Å²) >= 11 is 6.31. The first-order chi connectivity index (χ1) is 18.3. The minimum Gasteiger partial charge on any atom is -0.386 e. The predicted octanol–water partition coefficient (Wildman–Crippen LogP) is 4.28. The summed E-state index contributed by atoms with van der Waals surface area (Å²) in [6.45, 7) is 1.94. The third-order valence-corrected chi connectivity index (χ3v) is 10.9. The molecule has 2 fully saturated rings. The summed E-state index contributed by atoms with van der Waals surface area (Å²) in [5, 5.41) is 28.5. The number of sulfone groups is 1. The number of amides is 1. The van der Waals surface area contributed by atoms with E-state index in [0.29, 0.717) is 12.0 Å². The molecule has 208 valence electrons. The standard InChI is InChI=1S/C27H28ClF2N3O5S/c1-14-7-17-9-19(11-20(14)27(17,36)25(34)16-12-31-33(2)13-16)39(37,38)24-8-15(3-5-21(24)28)26(35)32-18-4-6-22(29)23(30)10-18/h3-6,8,10,12-14,17,19-20,25,34,36H,7,9,11H2,1-2H3,(H,32,35)/t14-,17?,19?,20?,25?,27+/m0/s1. The zero-order chi connectivity index (χ0) is 28.3. The van der Waals surface area contributed by atoms with Crippen molar-refractivity contribution in [2.45, 2.75) is 48.0 Å². The summed E-state index contributed by atoms with van der Waals surface area (Å²) in [6, 6.07) is 6.69. The van der Waals surface area contributed by atoms with Gasteiger partial charge in [0, 0.05) is 36.1 Å². The normalized spacial score (nSPS) is 27.4. The van der Waals surface area contributed by atoms with Gasteiger partial charge in [0.05, 0.1) is 21.4 Å². The molecule has 1 heterocycles. The highest BCUT2D eigenvalue weighted by molar-refractivity contribution is 7.92. The van der Waals surface area contributed by atoms with E-state index in [1.54, 1.807) is 13.2 Å². The van der Waals surface area contributed by atoms with Crippen molar-refractivity contribution < 1.29 is 32.2 Å². The number of nitrogens with one attached hydrogen (secondary N) is 1. The average Bonchev–Trinajstić information content (AvgIpc) is 3.35. The van der Waals surface area contributed by atoms with Gasteiger partial charge >= 0.3 is 0 Å². The van der Waals surface area contributed by atoms with Crippen molar-refractivity contribution in [1.82, 2.24) is 9.78 Å². The van der Waals surface area contributed by atoms with Gasteiger partial charge in [-0.05, 0) is 67.3 Å². The van der Waals surface area contributed by atoms with Gasteiger partial charge in [-0.15, -0.1) is 0 Å². The molecule has 12 heteroatoms. The van der Waals surface area contributed by atoms with Crippen LogP contribution in [0.1, 0.15) is 48.2 Å². The molecule has 2 aliphatic carbocycles. The second-order valence-electron chi connectivity index (χ2n) is 10.6. The first-order valence-electron chi connectivity index (χ1n) is 12.5. The van der Waals surface area contributed by atoms with Crippen molar-refractivity contribution in [3.63, 3.8) is 0 Å². The number of fused-ring (bicyclic) bond motifs is 2. The summed E-state index contributed by atoms with van der Waals surface area (Å²) in [5.74, 6) is -3.94. The molecule has 3 N–H and O–H groups in total. The summed E-state index contributed by atoms with van der Waals surface area (Å²) in [5.41, 5.74) is -1.07. The summed E-state index contributed by atoms with van der Waals surface area (Å²) in [6.07, 6.45) is 2.67. The van der Waals surface area contributed by atoms with E-state index < -0.39 is 56.2 Å². The number of hydrogen-bond acceptors (Lipinski definition) is 6. The van der Waals surface area contributed by atoms with E-state index >= 15 is 0 Å². The highest BCUT2D eigenvalue weighted by Gasteiger charge is 2.62. The topological polar surface area (TPSA) is 122 Å². The zero-order valence-electron chi connectivity index (χ0n) is 21.2. The van der Waals surface area contributed by atoms with E-state index in [0.717, 1.165) is 12.1 Å². The van der Waals surface area contributed by atoms with Crippen molar-refractivity contribution in [3.05, 3.63) is 76.6 Å². The molecule has 8 nitrogen and oxygen atoms in total. The molecule has 3 aromatic rings. The van der Waals surface area contributed by atoms with Crippen LogP contribution in [-0.4, -0.2) is 45.2 Å². The monoisotopic (exact) mass is 579 g/mol. The van der Waals surface area contributed by atoms with E-state index in [1.807, 2.05) is 6.92 Å². The fourth-order valence-corrected chi connectivity index (χ4v) is 8.69. The highest BCUT2D eigenvalue weighted by Crippen LogP contribution is 2.58. The van der Waals surface area contributed by atoms with Crippen LogP contribution in [0.5, 0.6) is 0 Å².